The highest BCUT2D eigenvalue weighted by atomic mass is 35.5. The second-order valence-corrected chi connectivity index (χ2v) is 12.3. The maximum Gasteiger partial charge on any atom is 0.247 e. The standard InChI is InChI=1S/C31H36ClN3O4S/c1-2-3-21-33-31(37)30(25-7-5-4-6-8-25)35(22-24-9-14-26(32)15-10-24)29(36)20-13-23-11-18-28(19-12-23)40(38,39)34-27-16-17-27/h4-12,14-15,18-19,27,30,34H,2-3,13,16-17,20-22H2,1H3,(H,33,37)/t30-/m1/s1. The minimum atomic E-state index is -3.54. The summed E-state index contributed by atoms with van der Waals surface area (Å²) >= 11 is 6.09. The average molecular weight is 582 g/mol. The van der Waals surface area contributed by atoms with Gasteiger partial charge in [-0.2, -0.15) is 0 Å². The highest BCUT2D eigenvalue weighted by Crippen LogP contribution is 2.26. The molecule has 7 nitrogen and oxygen atoms in total. The minimum absolute atomic E-state index is 0.0330. The van der Waals surface area contributed by atoms with Crippen LogP contribution in [0.2, 0.25) is 5.02 Å². The monoisotopic (exact) mass is 581 g/mol. The molecule has 0 heterocycles. The number of carbonyl (C=O) groups excluding carboxylic acids is 2. The Balaban J connectivity index is 1.54. The first-order chi connectivity index (χ1) is 19.3. The van der Waals surface area contributed by atoms with E-state index in [2.05, 4.69) is 17.0 Å². The number of nitrogens with zero attached hydrogens (tertiary/aromatic N) is 1. The van der Waals surface area contributed by atoms with E-state index in [4.69, 9.17) is 11.6 Å². The Kier molecular flexibility index (Phi) is 10.4. The molecule has 1 saturated carbocycles. The third-order valence-electron chi connectivity index (χ3n) is 6.85. The average Bonchev–Trinajstić information content (AvgIpc) is 3.77. The van der Waals surface area contributed by atoms with E-state index in [0.29, 0.717) is 18.0 Å². The van der Waals surface area contributed by atoms with E-state index in [1.54, 1.807) is 41.3 Å². The molecule has 1 aliphatic carbocycles. The molecule has 0 aliphatic heterocycles. The molecule has 3 aromatic carbocycles. The van der Waals surface area contributed by atoms with Gasteiger partial charge in [0.1, 0.15) is 6.04 Å². The van der Waals surface area contributed by atoms with Crippen LogP contribution in [-0.2, 0) is 32.6 Å². The predicted molar refractivity (Wildman–Crippen MR) is 157 cm³/mol. The van der Waals surface area contributed by atoms with Gasteiger partial charge in [0.15, 0.2) is 0 Å². The van der Waals surface area contributed by atoms with Gasteiger partial charge in [0.2, 0.25) is 21.8 Å². The van der Waals surface area contributed by atoms with Crippen LogP contribution >= 0.6 is 11.6 Å². The van der Waals surface area contributed by atoms with E-state index >= 15 is 0 Å². The van der Waals surface area contributed by atoms with Gasteiger partial charge < -0.3 is 10.2 Å². The fourth-order valence-electron chi connectivity index (χ4n) is 4.42. The second-order valence-electron chi connectivity index (χ2n) is 10.1. The molecule has 1 aliphatic rings. The van der Waals surface area contributed by atoms with Crippen molar-refractivity contribution >= 4 is 33.4 Å². The van der Waals surface area contributed by atoms with E-state index in [1.807, 2.05) is 42.5 Å². The third-order valence-corrected chi connectivity index (χ3v) is 8.64. The maximum absolute atomic E-state index is 13.8. The molecule has 3 aromatic rings. The zero-order valence-electron chi connectivity index (χ0n) is 22.7. The number of hydrogen-bond acceptors (Lipinski definition) is 4. The van der Waals surface area contributed by atoms with E-state index in [9.17, 15) is 18.0 Å². The summed E-state index contributed by atoms with van der Waals surface area (Å²) in [6, 6.07) is 22.4. The zero-order chi connectivity index (χ0) is 28.5. The van der Waals surface area contributed by atoms with E-state index in [0.717, 1.165) is 42.4 Å². The van der Waals surface area contributed by atoms with Crippen LogP contribution in [0.1, 0.15) is 61.8 Å². The number of hydrogen-bond donors (Lipinski definition) is 2. The summed E-state index contributed by atoms with van der Waals surface area (Å²) in [5, 5.41) is 3.60. The van der Waals surface area contributed by atoms with E-state index in [-0.39, 0.29) is 35.7 Å². The van der Waals surface area contributed by atoms with Crippen molar-refractivity contribution in [3.8, 4) is 0 Å². The number of carbonyl (C=O) groups is 2. The highest BCUT2D eigenvalue weighted by molar-refractivity contribution is 7.89. The number of nitrogens with one attached hydrogen (secondary N) is 2. The smallest absolute Gasteiger partial charge is 0.247 e. The van der Waals surface area contributed by atoms with Crippen LogP contribution in [-0.4, -0.2) is 37.7 Å². The highest BCUT2D eigenvalue weighted by Gasteiger charge is 2.31. The molecule has 40 heavy (non-hydrogen) atoms. The van der Waals surface area contributed by atoms with Crippen molar-refractivity contribution in [3.63, 3.8) is 0 Å². The van der Waals surface area contributed by atoms with Crippen LogP contribution in [0.4, 0.5) is 0 Å². The first-order valence-corrected chi connectivity index (χ1v) is 15.6. The van der Waals surface area contributed by atoms with Crippen LogP contribution in [0.15, 0.2) is 83.8 Å². The zero-order valence-corrected chi connectivity index (χ0v) is 24.3. The number of rotatable bonds is 14. The number of aryl methyl sites for hydroxylation is 1. The lowest BCUT2D eigenvalue weighted by molar-refractivity contribution is -0.141. The van der Waals surface area contributed by atoms with E-state index in [1.165, 1.54) is 0 Å². The molecule has 4 rings (SSSR count). The summed E-state index contributed by atoms with van der Waals surface area (Å²) in [5.41, 5.74) is 2.43. The Morgan fingerprint density at radius 1 is 0.950 bits per heavy atom. The summed E-state index contributed by atoms with van der Waals surface area (Å²) < 4.78 is 27.7. The summed E-state index contributed by atoms with van der Waals surface area (Å²) in [4.78, 5) is 29.1. The molecular weight excluding hydrogens is 546 g/mol. The molecule has 1 atom stereocenters. The Hall–Kier alpha value is -3.20. The van der Waals surface area contributed by atoms with Crippen molar-refractivity contribution in [2.24, 2.45) is 0 Å². The molecule has 212 valence electrons. The van der Waals surface area contributed by atoms with Crippen molar-refractivity contribution in [1.29, 1.82) is 0 Å². The van der Waals surface area contributed by atoms with Crippen LogP contribution in [0.25, 0.3) is 0 Å². The summed E-state index contributed by atoms with van der Waals surface area (Å²) in [5.74, 6) is -0.402. The third kappa shape index (κ3) is 8.40. The number of unbranched alkanes of at least 4 members (excludes halogenated alkanes) is 1. The van der Waals surface area contributed by atoms with E-state index < -0.39 is 16.1 Å². The number of sulfonamides is 1. The number of amides is 2. The van der Waals surface area contributed by atoms with Crippen molar-refractivity contribution in [3.05, 3.63) is 101 Å². The van der Waals surface area contributed by atoms with Crippen LogP contribution in [0.5, 0.6) is 0 Å². The Bertz CT molecular complexity index is 1380. The molecule has 0 spiro atoms. The van der Waals surface area contributed by atoms with Crippen LogP contribution < -0.4 is 10.0 Å². The van der Waals surface area contributed by atoms with Crippen molar-refractivity contribution in [2.75, 3.05) is 6.54 Å². The van der Waals surface area contributed by atoms with Crippen LogP contribution in [0, 0.1) is 0 Å². The largest absolute Gasteiger partial charge is 0.354 e. The van der Waals surface area contributed by atoms with Crippen molar-refractivity contribution < 1.29 is 18.0 Å². The molecule has 0 radical (unpaired) electrons. The van der Waals surface area contributed by atoms with Gasteiger partial charge in [-0.05, 0) is 66.6 Å². The summed E-state index contributed by atoms with van der Waals surface area (Å²) in [7, 11) is -3.54. The second kappa shape index (κ2) is 13.9. The predicted octanol–water partition coefficient (Wildman–Crippen LogP) is 5.40. The molecule has 0 aromatic heterocycles. The topological polar surface area (TPSA) is 95.6 Å². The molecule has 2 N–H and O–H groups in total. The van der Waals surface area contributed by atoms with Gasteiger partial charge in [-0.25, -0.2) is 13.1 Å². The van der Waals surface area contributed by atoms with Gasteiger partial charge in [0, 0.05) is 30.6 Å². The molecule has 0 unspecified atom stereocenters. The molecule has 0 bridgehead atoms. The maximum atomic E-state index is 13.8. The lowest BCUT2D eigenvalue weighted by atomic mass is 10.0. The Labute approximate surface area is 242 Å². The quantitative estimate of drug-likeness (QED) is 0.249. The van der Waals surface area contributed by atoms with Gasteiger partial charge in [0.25, 0.3) is 0 Å². The van der Waals surface area contributed by atoms with Gasteiger partial charge in [-0.15, -0.1) is 0 Å². The van der Waals surface area contributed by atoms with Crippen molar-refractivity contribution in [2.45, 2.75) is 69.0 Å². The Morgan fingerprint density at radius 2 is 1.60 bits per heavy atom. The first kappa shape index (κ1) is 29.8. The molecule has 9 heteroatoms. The number of halogens is 1. The van der Waals surface area contributed by atoms with Crippen LogP contribution in [0.3, 0.4) is 0 Å². The Morgan fingerprint density at radius 3 is 2.23 bits per heavy atom. The first-order valence-electron chi connectivity index (χ1n) is 13.7. The normalized spacial score (nSPS) is 13.9. The van der Waals surface area contributed by atoms with Gasteiger partial charge in [-0.3, -0.25) is 9.59 Å². The lowest BCUT2D eigenvalue weighted by Gasteiger charge is -2.32. The van der Waals surface area contributed by atoms with Gasteiger partial charge >= 0.3 is 0 Å². The minimum Gasteiger partial charge on any atom is -0.354 e. The summed E-state index contributed by atoms with van der Waals surface area (Å²) in [6.07, 6.45) is 4.09. The molecule has 0 saturated heterocycles. The molecule has 2 amide bonds. The fourth-order valence-corrected chi connectivity index (χ4v) is 5.85. The number of benzene rings is 3. The molecular formula is C31H36ClN3O4S. The summed E-state index contributed by atoms with van der Waals surface area (Å²) in [6.45, 7) is 2.83. The SMILES string of the molecule is CCCCNC(=O)[C@@H](c1ccccc1)N(Cc1ccc(Cl)cc1)C(=O)CCc1ccc(S(=O)(=O)NC2CC2)cc1. The van der Waals surface area contributed by atoms with Crippen molar-refractivity contribution in [1.82, 2.24) is 14.9 Å². The van der Waals surface area contributed by atoms with Gasteiger partial charge in [0.05, 0.1) is 4.90 Å². The molecule has 1 fully saturated rings. The fraction of sp³-hybridized carbons (Fsp3) is 0.355. The van der Waals surface area contributed by atoms with Gasteiger partial charge in [-0.1, -0.05) is 79.5 Å². The lowest BCUT2D eigenvalue weighted by Crippen LogP contribution is -2.43.